The van der Waals surface area contributed by atoms with Crippen molar-refractivity contribution in [2.24, 2.45) is 0 Å². The smallest absolute Gasteiger partial charge is 0.230 e. The number of hydrogen-bond donors (Lipinski definition) is 2. The fourth-order valence-corrected chi connectivity index (χ4v) is 5.74. The Labute approximate surface area is 226 Å². The first-order chi connectivity index (χ1) is 18.3. The second-order valence-electron chi connectivity index (χ2n) is 8.69. The van der Waals surface area contributed by atoms with Crippen LogP contribution in [0.5, 0.6) is 0 Å². The van der Waals surface area contributed by atoms with Gasteiger partial charge in [0.05, 0.1) is 22.8 Å². The van der Waals surface area contributed by atoms with Gasteiger partial charge in [-0.1, -0.05) is 85.0 Å². The van der Waals surface area contributed by atoms with Gasteiger partial charge in [-0.05, 0) is 36.1 Å². The lowest BCUT2D eigenvalue weighted by molar-refractivity contribution is -0.115. The van der Waals surface area contributed by atoms with E-state index in [0.717, 1.165) is 28.9 Å². The minimum absolute atomic E-state index is 0.00946. The number of ketones is 1. The molecular weight excluding hydrogens is 520 g/mol. The predicted octanol–water partition coefficient (Wildman–Crippen LogP) is 4.94. The summed E-state index contributed by atoms with van der Waals surface area (Å²) in [6.45, 7) is 1.70. The average Bonchev–Trinajstić information content (AvgIpc) is 3.36. The number of carbonyl (C=O) groups is 2. The molecule has 0 atom stereocenters. The summed E-state index contributed by atoms with van der Waals surface area (Å²) >= 11 is 1.12. The number of aliphatic hydroxyl groups excluding tert-OH is 1. The van der Waals surface area contributed by atoms with E-state index in [0.29, 0.717) is 33.3 Å². The molecule has 0 aliphatic heterocycles. The van der Waals surface area contributed by atoms with Crippen molar-refractivity contribution in [2.75, 3.05) is 17.7 Å². The number of amides is 1. The second-order valence-corrected chi connectivity index (χ2v) is 12.0. The van der Waals surface area contributed by atoms with Crippen LogP contribution in [0.3, 0.4) is 0 Å². The number of aliphatic hydroxyl groups is 1. The maximum atomic E-state index is 13.5. The Hall–Kier alpha value is -3.66. The normalized spacial score (nSPS) is 11.3. The van der Waals surface area contributed by atoms with E-state index in [1.54, 1.807) is 31.2 Å². The second kappa shape index (κ2) is 12.3. The van der Waals surface area contributed by atoms with Crippen LogP contribution in [-0.2, 0) is 27.5 Å². The fourth-order valence-electron chi connectivity index (χ4n) is 3.89. The Balaban J connectivity index is 1.55. The zero-order valence-electron chi connectivity index (χ0n) is 20.9. The Morgan fingerprint density at radius 1 is 0.921 bits per heavy atom. The first-order valence-corrected chi connectivity index (χ1v) is 14.7. The van der Waals surface area contributed by atoms with Gasteiger partial charge in [0, 0.05) is 17.7 Å². The summed E-state index contributed by atoms with van der Waals surface area (Å²) in [5.74, 6) is -0.504. The van der Waals surface area contributed by atoms with Crippen LogP contribution in [0, 0.1) is 0 Å². The van der Waals surface area contributed by atoms with E-state index in [-0.39, 0.29) is 35.4 Å². The van der Waals surface area contributed by atoms with E-state index < -0.39 is 9.84 Å². The van der Waals surface area contributed by atoms with Gasteiger partial charge in [0.25, 0.3) is 0 Å². The van der Waals surface area contributed by atoms with Crippen LogP contribution in [0.2, 0.25) is 0 Å². The molecule has 196 valence electrons. The van der Waals surface area contributed by atoms with Crippen LogP contribution in [0.4, 0.5) is 5.13 Å². The molecule has 1 heterocycles. The molecule has 0 saturated carbocycles. The Kier molecular flexibility index (Phi) is 8.83. The molecule has 0 saturated heterocycles. The molecule has 9 heteroatoms. The monoisotopic (exact) mass is 548 g/mol. The number of thiazole rings is 1. The van der Waals surface area contributed by atoms with Crippen molar-refractivity contribution in [3.05, 3.63) is 100 Å². The standard InChI is InChI=1S/C29H28N2O5S2/c1-2-38(35,36)24-16-12-21(13-17-24)19-25(33)30-29-31-26(22-8-4-3-5-9-22)28(37-29)27(34)23-14-10-20(11-15-23)7-6-18-32/h3-5,8-17,32H,2,6-7,18-19H2,1H3,(H,30,31,33). The van der Waals surface area contributed by atoms with Crippen molar-refractivity contribution < 1.29 is 23.1 Å². The minimum Gasteiger partial charge on any atom is -0.396 e. The fraction of sp³-hybridized carbons (Fsp3) is 0.207. The first-order valence-electron chi connectivity index (χ1n) is 12.2. The number of benzene rings is 3. The zero-order chi connectivity index (χ0) is 27.1. The van der Waals surface area contributed by atoms with Gasteiger partial charge in [-0.25, -0.2) is 13.4 Å². The number of hydrogen-bond acceptors (Lipinski definition) is 7. The molecule has 0 fully saturated rings. The summed E-state index contributed by atoms with van der Waals surface area (Å²) in [7, 11) is -3.31. The zero-order valence-corrected chi connectivity index (χ0v) is 22.5. The van der Waals surface area contributed by atoms with Crippen LogP contribution >= 0.6 is 11.3 Å². The van der Waals surface area contributed by atoms with Gasteiger partial charge in [-0.15, -0.1) is 0 Å². The molecule has 0 radical (unpaired) electrons. The Morgan fingerprint density at radius 2 is 1.58 bits per heavy atom. The van der Waals surface area contributed by atoms with Crippen LogP contribution in [-0.4, -0.2) is 42.6 Å². The quantitative estimate of drug-likeness (QED) is 0.257. The van der Waals surface area contributed by atoms with Crippen LogP contribution in [0.15, 0.2) is 83.8 Å². The highest BCUT2D eigenvalue weighted by molar-refractivity contribution is 7.91. The third kappa shape index (κ3) is 6.61. The lowest BCUT2D eigenvalue weighted by atomic mass is 10.0. The predicted molar refractivity (Wildman–Crippen MR) is 149 cm³/mol. The van der Waals surface area contributed by atoms with Crippen molar-refractivity contribution in [1.29, 1.82) is 0 Å². The molecule has 0 aliphatic rings. The molecule has 4 rings (SSSR count). The average molecular weight is 549 g/mol. The molecule has 1 amide bonds. The van der Waals surface area contributed by atoms with Crippen molar-refractivity contribution in [3.8, 4) is 11.3 Å². The first kappa shape index (κ1) is 27.4. The number of anilines is 1. The van der Waals surface area contributed by atoms with E-state index in [2.05, 4.69) is 10.3 Å². The Morgan fingerprint density at radius 3 is 2.21 bits per heavy atom. The minimum atomic E-state index is -3.31. The molecular formula is C29H28N2O5S2. The summed E-state index contributed by atoms with van der Waals surface area (Å²) < 4.78 is 24.0. The molecule has 0 aliphatic carbocycles. The highest BCUT2D eigenvalue weighted by Gasteiger charge is 2.22. The van der Waals surface area contributed by atoms with Crippen molar-refractivity contribution in [2.45, 2.75) is 31.1 Å². The summed E-state index contributed by atoms with van der Waals surface area (Å²) in [5.41, 5.74) is 3.47. The number of aromatic nitrogens is 1. The molecule has 0 unspecified atom stereocenters. The maximum absolute atomic E-state index is 13.5. The number of carbonyl (C=O) groups excluding carboxylic acids is 2. The molecule has 2 N–H and O–H groups in total. The summed E-state index contributed by atoms with van der Waals surface area (Å²) in [5, 5.41) is 12.1. The third-order valence-corrected chi connectivity index (χ3v) is 8.71. The van der Waals surface area contributed by atoms with Crippen LogP contribution in [0.1, 0.15) is 39.7 Å². The van der Waals surface area contributed by atoms with E-state index >= 15 is 0 Å². The van der Waals surface area contributed by atoms with E-state index in [9.17, 15) is 18.0 Å². The number of aryl methyl sites for hydroxylation is 1. The Bertz CT molecular complexity index is 1510. The third-order valence-electron chi connectivity index (χ3n) is 5.99. The highest BCUT2D eigenvalue weighted by atomic mass is 32.2. The van der Waals surface area contributed by atoms with Crippen molar-refractivity contribution >= 4 is 38.0 Å². The molecule has 38 heavy (non-hydrogen) atoms. The van der Waals surface area contributed by atoms with Gasteiger partial charge in [-0.3, -0.25) is 9.59 Å². The van der Waals surface area contributed by atoms with Crippen molar-refractivity contribution in [1.82, 2.24) is 4.98 Å². The van der Waals surface area contributed by atoms with Gasteiger partial charge in [-0.2, -0.15) is 0 Å². The van der Waals surface area contributed by atoms with Crippen LogP contribution < -0.4 is 5.32 Å². The molecule has 1 aromatic heterocycles. The number of sulfone groups is 1. The van der Waals surface area contributed by atoms with Crippen LogP contribution in [0.25, 0.3) is 11.3 Å². The largest absolute Gasteiger partial charge is 0.396 e. The number of nitrogens with one attached hydrogen (secondary N) is 1. The van der Waals surface area contributed by atoms with Gasteiger partial charge in [0.1, 0.15) is 4.88 Å². The van der Waals surface area contributed by atoms with Gasteiger partial charge in [0.15, 0.2) is 15.0 Å². The van der Waals surface area contributed by atoms with Crippen molar-refractivity contribution in [3.63, 3.8) is 0 Å². The summed E-state index contributed by atoms with van der Waals surface area (Å²) in [6.07, 6.45) is 1.42. The lowest BCUT2D eigenvalue weighted by Crippen LogP contribution is -2.14. The number of nitrogens with zero attached hydrogens (tertiary/aromatic N) is 1. The van der Waals surface area contributed by atoms with E-state index in [1.165, 1.54) is 12.1 Å². The van der Waals surface area contributed by atoms with E-state index in [4.69, 9.17) is 5.11 Å². The van der Waals surface area contributed by atoms with Gasteiger partial charge < -0.3 is 10.4 Å². The molecule has 4 aromatic rings. The maximum Gasteiger partial charge on any atom is 0.230 e. The topological polar surface area (TPSA) is 113 Å². The number of rotatable bonds is 11. The highest BCUT2D eigenvalue weighted by Crippen LogP contribution is 2.33. The summed E-state index contributed by atoms with van der Waals surface area (Å²) in [4.78, 5) is 31.5. The van der Waals surface area contributed by atoms with Gasteiger partial charge >= 0.3 is 0 Å². The van der Waals surface area contributed by atoms with E-state index in [1.807, 2.05) is 42.5 Å². The lowest BCUT2D eigenvalue weighted by Gasteiger charge is -2.04. The molecule has 0 spiro atoms. The SMILES string of the molecule is CCS(=O)(=O)c1ccc(CC(=O)Nc2nc(-c3ccccc3)c(C(=O)c3ccc(CCCO)cc3)s2)cc1. The molecule has 7 nitrogen and oxygen atoms in total. The molecule has 0 bridgehead atoms. The summed E-state index contributed by atoms with van der Waals surface area (Å²) in [6, 6.07) is 22.9. The molecule has 3 aromatic carbocycles. The van der Waals surface area contributed by atoms with Gasteiger partial charge in [0.2, 0.25) is 11.7 Å².